The van der Waals surface area contributed by atoms with Crippen molar-refractivity contribution < 1.29 is 38.1 Å². The first kappa shape index (κ1) is 44.2. The number of nitrogens with one attached hydrogen (secondary N) is 5. The average Bonchev–Trinajstić information content (AvgIpc) is 4.08. The maximum absolute atomic E-state index is 13.9. The maximum atomic E-state index is 13.9. The van der Waals surface area contributed by atoms with E-state index in [0.29, 0.717) is 23.3 Å². The number of aromatic amines is 4. The van der Waals surface area contributed by atoms with Gasteiger partial charge in [0.05, 0.1) is 12.7 Å². The molecule has 8 bridgehead atoms. The van der Waals surface area contributed by atoms with Crippen LogP contribution in [0.15, 0.2) is 33.8 Å². The minimum atomic E-state index is -1.20. The predicted molar refractivity (Wildman–Crippen MR) is 239 cm³/mol. The lowest BCUT2D eigenvalue weighted by Crippen LogP contribution is -2.41. The molecule has 0 amide bonds. The van der Waals surface area contributed by atoms with Gasteiger partial charge in [-0.15, -0.1) is 0 Å². The number of aromatic nitrogens is 5. The molecule has 338 valence electrons. The fraction of sp³-hybridized carbons (Fsp3) is 0.438. The number of carbonyl (C=O) groups excluding carboxylic acids is 3. The van der Waals surface area contributed by atoms with Gasteiger partial charge in [-0.1, -0.05) is 20.4 Å². The molecule has 8 rings (SSSR count). The standard InChI is InChI=1S/C48H56N6O10/c1-11-28-21(2)33-18-38-41(24(5)32-19-54(48(59)53-46(32)58)47-45(61-10)44(63-27(8)56)39(64-47)20-62-26(7)55)25(6)36(50-38)16-34-23(4)30(14-15-40(57)60-9)43(51-34)31-13-12-29-22(3)35(52-42(29)31)17-37(28)49-33/h16-19,23,30,39,44-45,47,49-52H,5,11-15,20H2,1-4,6-10H3,(H,53,58,59)/t23-,30-,39+,44?,45+,47+/m0/s1. The molecule has 4 aliphatic rings. The van der Waals surface area contributed by atoms with Crippen LogP contribution in [-0.2, 0) is 50.9 Å². The van der Waals surface area contributed by atoms with Gasteiger partial charge in [0.1, 0.15) is 18.8 Å². The summed E-state index contributed by atoms with van der Waals surface area (Å²) in [6.45, 7) is 17.2. The van der Waals surface area contributed by atoms with Crippen LogP contribution in [0.4, 0.5) is 0 Å². The zero-order valence-corrected chi connectivity index (χ0v) is 37.8. The number of carbonyl (C=O) groups is 3. The van der Waals surface area contributed by atoms with E-state index in [1.807, 2.05) is 13.0 Å². The summed E-state index contributed by atoms with van der Waals surface area (Å²) in [4.78, 5) is 77.6. The van der Waals surface area contributed by atoms with E-state index in [9.17, 15) is 24.0 Å². The van der Waals surface area contributed by atoms with Gasteiger partial charge in [-0.25, -0.2) is 4.79 Å². The summed E-state index contributed by atoms with van der Waals surface area (Å²) in [7, 11) is 2.79. The van der Waals surface area contributed by atoms with Crippen LogP contribution >= 0.6 is 0 Å². The third-order valence-corrected chi connectivity index (χ3v) is 13.5. The topological polar surface area (TPSA) is 212 Å². The first-order valence-corrected chi connectivity index (χ1v) is 21.7. The van der Waals surface area contributed by atoms with E-state index in [-0.39, 0.29) is 36.4 Å². The van der Waals surface area contributed by atoms with Crippen molar-refractivity contribution in [3.05, 3.63) is 117 Å². The van der Waals surface area contributed by atoms with Gasteiger partial charge in [0.25, 0.3) is 5.56 Å². The Balaban J connectivity index is 1.31. The second-order valence-corrected chi connectivity index (χ2v) is 17.1. The minimum absolute atomic E-state index is 0.00249. The van der Waals surface area contributed by atoms with Gasteiger partial charge in [0.2, 0.25) is 0 Å². The molecular weight excluding hydrogens is 821 g/mol. The number of ether oxygens (including phenoxy) is 5. The Morgan fingerprint density at radius 1 is 0.891 bits per heavy atom. The summed E-state index contributed by atoms with van der Waals surface area (Å²) >= 11 is 0. The second-order valence-electron chi connectivity index (χ2n) is 17.1. The summed E-state index contributed by atoms with van der Waals surface area (Å²) in [6, 6.07) is 0. The SMILES string of the molecule is C=C(c1c2[nH]c(c1C)C=C1NC(=C3CCc4c3[nH]c(c4C)C=c3[nH]c(c(C)c3CC)=C2)[C@@H](CCC(=O)OC)[C@@H]1C)c1cn([C@@H]2O[C@H](COC(C)=O)C(OC(C)=O)[C@H]2OC)c(=O)[nH]c1=O. The van der Waals surface area contributed by atoms with Gasteiger partial charge in [0.15, 0.2) is 12.3 Å². The molecule has 5 N–H and O–H groups in total. The van der Waals surface area contributed by atoms with E-state index >= 15 is 0 Å². The number of hydrogen-bond donors (Lipinski definition) is 5. The smallest absolute Gasteiger partial charge is 0.330 e. The quantitative estimate of drug-likeness (QED) is 0.108. The van der Waals surface area contributed by atoms with Crippen molar-refractivity contribution in [3.63, 3.8) is 0 Å². The lowest BCUT2D eigenvalue weighted by atomic mass is 9.86. The van der Waals surface area contributed by atoms with E-state index in [1.54, 1.807) is 0 Å². The van der Waals surface area contributed by atoms with Crippen LogP contribution in [-0.4, -0.2) is 81.5 Å². The molecule has 64 heavy (non-hydrogen) atoms. The monoisotopic (exact) mass is 876 g/mol. The predicted octanol–water partition coefficient (Wildman–Crippen LogP) is 3.96. The number of methoxy groups -OCH3 is 2. The van der Waals surface area contributed by atoms with E-state index in [0.717, 1.165) is 69.6 Å². The van der Waals surface area contributed by atoms with Crippen LogP contribution in [0.25, 0.3) is 29.4 Å². The molecule has 0 saturated carbocycles. The van der Waals surface area contributed by atoms with Gasteiger partial charge in [0, 0.05) is 95.8 Å². The number of rotatable bonds is 11. The van der Waals surface area contributed by atoms with Crippen molar-refractivity contribution in [1.82, 2.24) is 29.8 Å². The molecule has 3 aliphatic heterocycles. The first-order chi connectivity index (χ1) is 30.5. The molecule has 4 aromatic heterocycles. The van der Waals surface area contributed by atoms with Gasteiger partial charge < -0.3 is 44.0 Å². The van der Waals surface area contributed by atoms with Crippen LogP contribution in [0.3, 0.4) is 0 Å². The van der Waals surface area contributed by atoms with Crippen molar-refractivity contribution >= 4 is 47.3 Å². The van der Waals surface area contributed by atoms with Crippen molar-refractivity contribution in [2.45, 2.75) is 105 Å². The Bertz CT molecular complexity index is 2920. The van der Waals surface area contributed by atoms with Gasteiger partial charge in [-0.2, -0.15) is 0 Å². The molecule has 1 unspecified atom stereocenters. The summed E-state index contributed by atoms with van der Waals surface area (Å²) in [5.74, 6) is -1.44. The average molecular weight is 877 g/mol. The number of H-pyrrole nitrogens is 4. The van der Waals surface area contributed by atoms with Crippen molar-refractivity contribution in [2.75, 3.05) is 20.8 Å². The molecule has 7 heterocycles. The highest BCUT2D eigenvalue weighted by Gasteiger charge is 2.49. The highest BCUT2D eigenvalue weighted by atomic mass is 16.6. The molecule has 16 nitrogen and oxygen atoms in total. The van der Waals surface area contributed by atoms with E-state index < -0.39 is 47.7 Å². The fourth-order valence-electron chi connectivity index (χ4n) is 10.1. The zero-order valence-electron chi connectivity index (χ0n) is 37.8. The molecule has 2 fully saturated rings. The van der Waals surface area contributed by atoms with E-state index in [1.165, 1.54) is 61.1 Å². The molecule has 2 saturated heterocycles. The molecule has 0 aromatic carbocycles. The van der Waals surface area contributed by atoms with Gasteiger partial charge in [-0.3, -0.25) is 28.7 Å². The molecule has 6 atom stereocenters. The zero-order chi connectivity index (χ0) is 45.9. The first-order valence-electron chi connectivity index (χ1n) is 21.7. The second kappa shape index (κ2) is 17.3. The Morgan fingerprint density at radius 3 is 2.31 bits per heavy atom. The van der Waals surface area contributed by atoms with Gasteiger partial charge in [-0.05, 0) is 104 Å². The van der Waals surface area contributed by atoms with Crippen LogP contribution in [0.2, 0.25) is 0 Å². The van der Waals surface area contributed by atoms with Crippen molar-refractivity contribution in [2.24, 2.45) is 11.8 Å². The van der Waals surface area contributed by atoms with E-state index in [2.05, 4.69) is 71.7 Å². The third-order valence-electron chi connectivity index (χ3n) is 13.5. The summed E-state index contributed by atoms with van der Waals surface area (Å²) in [5.41, 5.74) is 12.0. The number of hydrogen-bond acceptors (Lipinski definition) is 11. The number of allylic oxidation sites excluding steroid dienone is 3. The maximum Gasteiger partial charge on any atom is 0.330 e. The lowest BCUT2D eigenvalue weighted by Gasteiger charge is -2.23. The summed E-state index contributed by atoms with van der Waals surface area (Å²) in [5, 5.41) is 5.68. The number of fused-ring (bicyclic) bond motifs is 7. The summed E-state index contributed by atoms with van der Waals surface area (Å²) in [6.07, 6.45) is 6.85. The molecule has 0 spiro atoms. The lowest BCUT2D eigenvalue weighted by molar-refractivity contribution is -0.158. The van der Waals surface area contributed by atoms with Gasteiger partial charge >= 0.3 is 23.6 Å². The molecule has 16 heteroatoms. The summed E-state index contributed by atoms with van der Waals surface area (Å²) < 4.78 is 29.0. The van der Waals surface area contributed by atoms with Crippen molar-refractivity contribution in [3.8, 4) is 0 Å². The normalized spacial score (nSPS) is 22.1. The molecule has 0 radical (unpaired) electrons. The molecule has 1 aliphatic carbocycles. The number of esters is 3. The Morgan fingerprint density at radius 2 is 1.62 bits per heavy atom. The van der Waals surface area contributed by atoms with Crippen LogP contribution in [0.5, 0.6) is 0 Å². The Labute approximate surface area is 369 Å². The highest BCUT2D eigenvalue weighted by Crippen LogP contribution is 2.46. The Hall–Kier alpha value is -6.39. The third kappa shape index (κ3) is 7.72. The Kier molecular flexibility index (Phi) is 12.0. The van der Waals surface area contributed by atoms with Crippen molar-refractivity contribution in [1.29, 1.82) is 0 Å². The highest BCUT2D eigenvalue weighted by molar-refractivity contribution is 5.86. The minimum Gasteiger partial charge on any atom is -0.469 e. The van der Waals surface area contributed by atoms with Crippen LogP contribution in [0, 0.1) is 32.6 Å². The van der Waals surface area contributed by atoms with E-state index in [4.69, 9.17) is 23.7 Å². The molecular formula is C48H56N6O10. The fourth-order valence-corrected chi connectivity index (χ4v) is 10.1. The largest absolute Gasteiger partial charge is 0.469 e. The molecule has 4 aromatic rings. The van der Waals surface area contributed by atoms with Crippen LogP contribution < -0.4 is 27.3 Å². The number of nitrogens with zero attached hydrogens (tertiary/aromatic N) is 1. The van der Waals surface area contributed by atoms with Crippen LogP contribution in [0.1, 0.15) is 115 Å².